The van der Waals surface area contributed by atoms with Crippen molar-refractivity contribution in [2.45, 2.75) is 25.3 Å². The highest BCUT2D eigenvalue weighted by Crippen LogP contribution is 2.09. The van der Waals surface area contributed by atoms with Crippen LogP contribution in [-0.4, -0.2) is 43.4 Å². The highest BCUT2D eigenvalue weighted by molar-refractivity contribution is 7.80. The molecule has 3 heteroatoms. The van der Waals surface area contributed by atoms with Gasteiger partial charge >= 0.3 is 0 Å². The van der Waals surface area contributed by atoms with Crippen LogP contribution in [0.3, 0.4) is 0 Å². The van der Waals surface area contributed by atoms with Gasteiger partial charge in [0.1, 0.15) is 0 Å². The van der Waals surface area contributed by atoms with Gasteiger partial charge in [-0.3, -0.25) is 0 Å². The number of rotatable bonds is 4. The van der Waals surface area contributed by atoms with Gasteiger partial charge in [0.05, 0.1) is 0 Å². The van der Waals surface area contributed by atoms with Crippen LogP contribution >= 0.6 is 12.6 Å². The minimum Gasteiger partial charge on any atom is -0.316 e. The van der Waals surface area contributed by atoms with E-state index in [1.165, 1.54) is 38.9 Å². The van der Waals surface area contributed by atoms with Crippen LogP contribution in [0.4, 0.5) is 0 Å². The molecule has 1 atom stereocenters. The van der Waals surface area contributed by atoms with Gasteiger partial charge in [0, 0.05) is 12.6 Å². The number of likely N-dealkylation sites (N-methyl/N-ethyl adjacent to an activating group) is 1. The number of nitrogens with one attached hydrogen (secondary N) is 1. The number of likely N-dealkylation sites (tertiary alicyclic amines) is 1. The Hall–Kier alpha value is 0.270. The van der Waals surface area contributed by atoms with Gasteiger partial charge in [0.2, 0.25) is 0 Å². The van der Waals surface area contributed by atoms with Crippen molar-refractivity contribution in [1.82, 2.24) is 10.2 Å². The summed E-state index contributed by atoms with van der Waals surface area (Å²) in [5, 5.41) is 3.35. The minimum atomic E-state index is 0.721. The molecule has 1 aliphatic rings. The molecule has 0 aromatic heterocycles. The Morgan fingerprint density at radius 1 is 1.58 bits per heavy atom. The molecule has 0 bridgehead atoms. The lowest BCUT2D eigenvalue weighted by Crippen LogP contribution is -2.44. The molecule has 1 unspecified atom stereocenters. The van der Waals surface area contributed by atoms with Crippen LogP contribution in [0, 0.1) is 0 Å². The first-order chi connectivity index (χ1) is 5.86. The van der Waals surface area contributed by atoms with E-state index in [9.17, 15) is 0 Å². The fraction of sp³-hybridized carbons (Fsp3) is 1.00. The molecule has 12 heavy (non-hydrogen) atoms. The Morgan fingerprint density at radius 3 is 3.08 bits per heavy atom. The summed E-state index contributed by atoms with van der Waals surface area (Å²) >= 11 is 4.22. The van der Waals surface area contributed by atoms with Gasteiger partial charge in [0.15, 0.2) is 0 Å². The largest absolute Gasteiger partial charge is 0.316 e. The van der Waals surface area contributed by atoms with Gasteiger partial charge < -0.3 is 10.2 Å². The number of hydrogen-bond donors (Lipinski definition) is 2. The van der Waals surface area contributed by atoms with Gasteiger partial charge in [-0.2, -0.15) is 12.6 Å². The lowest BCUT2D eigenvalue weighted by Gasteiger charge is -2.32. The number of nitrogens with zero attached hydrogens (tertiary/aromatic N) is 1. The molecule has 1 fully saturated rings. The van der Waals surface area contributed by atoms with E-state index in [1.54, 1.807) is 0 Å². The third kappa shape index (κ3) is 3.33. The summed E-state index contributed by atoms with van der Waals surface area (Å²) in [7, 11) is 2.06. The third-order valence-corrected chi connectivity index (χ3v) is 2.86. The topological polar surface area (TPSA) is 15.3 Å². The van der Waals surface area contributed by atoms with Crippen LogP contribution in [0.15, 0.2) is 0 Å². The van der Waals surface area contributed by atoms with E-state index in [0.29, 0.717) is 0 Å². The van der Waals surface area contributed by atoms with Gasteiger partial charge in [-0.05, 0) is 45.2 Å². The summed E-state index contributed by atoms with van der Waals surface area (Å²) in [4.78, 5) is 2.54. The molecule has 72 valence electrons. The Morgan fingerprint density at radius 2 is 2.42 bits per heavy atom. The SMILES string of the molecule is CNC1CCCN(CCCS)C1. The lowest BCUT2D eigenvalue weighted by molar-refractivity contribution is 0.196. The van der Waals surface area contributed by atoms with Crippen molar-refractivity contribution in [2.24, 2.45) is 0 Å². The van der Waals surface area contributed by atoms with Crippen LogP contribution in [0.5, 0.6) is 0 Å². The predicted molar refractivity (Wildman–Crippen MR) is 57.0 cm³/mol. The van der Waals surface area contributed by atoms with Crippen LogP contribution in [0.1, 0.15) is 19.3 Å². The fourth-order valence-electron chi connectivity index (χ4n) is 1.79. The minimum absolute atomic E-state index is 0.721. The van der Waals surface area contributed by atoms with Crippen LogP contribution < -0.4 is 5.32 Å². The summed E-state index contributed by atoms with van der Waals surface area (Å²) in [5.74, 6) is 1.01. The first-order valence-electron chi connectivity index (χ1n) is 4.87. The van der Waals surface area contributed by atoms with Crippen LogP contribution in [0.2, 0.25) is 0 Å². The van der Waals surface area contributed by atoms with Gasteiger partial charge in [-0.25, -0.2) is 0 Å². The number of piperidine rings is 1. The maximum absolute atomic E-state index is 4.22. The summed E-state index contributed by atoms with van der Waals surface area (Å²) in [5.41, 5.74) is 0. The molecule has 0 aromatic carbocycles. The summed E-state index contributed by atoms with van der Waals surface area (Å²) in [6.07, 6.45) is 3.91. The highest BCUT2D eigenvalue weighted by atomic mass is 32.1. The molecule has 0 aromatic rings. The van der Waals surface area contributed by atoms with Crippen LogP contribution in [0.25, 0.3) is 0 Å². The fourth-order valence-corrected chi connectivity index (χ4v) is 1.93. The van der Waals surface area contributed by atoms with Gasteiger partial charge in [-0.1, -0.05) is 0 Å². The molecule has 0 saturated carbocycles. The highest BCUT2D eigenvalue weighted by Gasteiger charge is 2.16. The first kappa shape index (κ1) is 10.4. The second-order valence-corrected chi connectivity index (χ2v) is 3.95. The summed E-state index contributed by atoms with van der Waals surface area (Å²) < 4.78 is 0. The molecule has 1 saturated heterocycles. The van der Waals surface area contributed by atoms with Crippen molar-refractivity contribution in [3.63, 3.8) is 0 Å². The van der Waals surface area contributed by atoms with E-state index >= 15 is 0 Å². The van der Waals surface area contributed by atoms with E-state index in [1.807, 2.05) is 0 Å². The van der Waals surface area contributed by atoms with Crippen molar-refractivity contribution in [3.05, 3.63) is 0 Å². The molecule has 1 N–H and O–H groups in total. The Kier molecular flexibility index (Phi) is 5.04. The van der Waals surface area contributed by atoms with E-state index in [4.69, 9.17) is 0 Å². The van der Waals surface area contributed by atoms with E-state index in [0.717, 1.165) is 11.8 Å². The predicted octanol–water partition coefficient (Wildman–Crippen LogP) is 0.990. The molecule has 2 nitrogen and oxygen atoms in total. The average Bonchev–Trinajstić information content (AvgIpc) is 2.15. The van der Waals surface area contributed by atoms with Gasteiger partial charge in [-0.15, -0.1) is 0 Å². The zero-order valence-corrected chi connectivity index (χ0v) is 8.82. The third-order valence-electron chi connectivity index (χ3n) is 2.55. The Balaban J connectivity index is 2.16. The second kappa shape index (κ2) is 5.84. The summed E-state index contributed by atoms with van der Waals surface area (Å²) in [6, 6.07) is 0.721. The molecule has 0 spiro atoms. The van der Waals surface area contributed by atoms with Crippen molar-refractivity contribution in [1.29, 1.82) is 0 Å². The quantitative estimate of drug-likeness (QED) is 0.640. The molecule has 1 aliphatic heterocycles. The molecule has 0 aliphatic carbocycles. The van der Waals surface area contributed by atoms with Crippen molar-refractivity contribution < 1.29 is 0 Å². The zero-order chi connectivity index (χ0) is 8.81. The van der Waals surface area contributed by atoms with E-state index in [2.05, 4.69) is 29.9 Å². The van der Waals surface area contributed by atoms with Crippen molar-refractivity contribution in [2.75, 3.05) is 32.4 Å². The normalized spacial score (nSPS) is 26.0. The molecular weight excluding hydrogens is 168 g/mol. The molecule has 0 amide bonds. The standard InChI is InChI=1S/C9H20N2S/c1-10-9-4-2-5-11(8-9)6-3-7-12/h9-10,12H,2-8H2,1H3. The number of hydrogen-bond acceptors (Lipinski definition) is 3. The van der Waals surface area contributed by atoms with Crippen molar-refractivity contribution in [3.8, 4) is 0 Å². The molecule has 1 rings (SSSR count). The average molecular weight is 188 g/mol. The van der Waals surface area contributed by atoms with Crippen LogP contribution in [-0.2, 0) is 0 Å². The summed E-state index contributed by atoms with van der Waals surface area (Å²) in [6.45, 7) is 3.73. The van der Waals surface area contributed by atoms with Gasteiger partial charge in [0.25, 0.3) is 0 Å². The molecular formula is C9H20N2S. The van der Waals surface area contributed by atoms with E-state index in [-0.39, 0.29) is 0 Å². The smallest absolute Gasteiger partial charge is 0.0192 e. The second-order valence-electron chi connectivity index (χ2n) is 3.51. The Bertz CT molecular complexity index is 119. The maximum atomic E-state index is 4.22. The molecule has 0 radical (unpaired) electrons. The monoisotopic (exact) mass is 188 g/mol. The maximum Gasteiger partial charge on any atom is 0.0192 e. The number of thiol groups is 1. The Labute approximate surface area is 81.1 Å². The lowest BCUT2D eigenvalue weighted by atomic mass is 10.1. The first-order valence-corrected chi connectivity index (χ1v) is 5.50. The van der Waals surface area contributed by atoms with E-state index < -0.39 is 0 Å². The zero-order valence-electron chi connectivity index (χ0n) is 7.92. The van der Waals surface area contributed by atoms with Crippen molar-refractivity contribution >= 4 is 12.6 Å². The molecule has 1 heterocycles.